The molecule has 1 aromatic rings. The van der Waals surface area contributed by atoms with Crippen LogP contribution in [0.3, 0.4) is 0 Å². The van der Waals surface area contributed by atoms with Crippen LogP contribution in [0.5, 0.6) is 5.75 Å². The van der Waals surface area contributed by atoms with Gasteiger partial charge in [0.15, 0.2) is 5.78 Å². The predicted octanol–water partition coefficient (Wildman–Crippen LogP) is 2.86. The van der Waals surface area contributed by atoms with Crippen LogP contribution in [-0.2, 0) is 11.2 Å². The van der Waals surface area contributed by atoms with Crippen molar-refractivity contribution >= 4 is 11.8 Å². The largest absolute Gasteiger partial charge is 0.493 e. The molecule has 0 aromatic heterocycles. The lowest BCUT2D eigenvalue weighted by Gasteiger charge is -2.10. The standard InChI is InChI=1S/C15H18O4/c1-3-9-19-14-7-5-12(10-11(14)4-2)13(16)6-8-15(17)18/h5-8,10H,3-4,9H2,1-2H3,(H,17,18)/b8-6+. The first kappa shape index (κ1) is 15.0. The van der Waals surface area contributed by atoms with E-state index in [1.54, 1.807) is 18.2 Å². The zero-order chi connectivity index (χ0) is 14.3. The van der Waals surface area contributed by atoms with Gasteiger partial charge in [-0.15, -0.1) is 0 Å². The monoisotopic (exact) mass is 262 g/mol. The molecule has 0 spiro atoms. The molecule has 0 aliphatic rings. The SMILES string of the molecule is CCCOc1ccc(C(=O)/C=C/C(=O)O)cc1CC. The number of benzene rings is 1. The summed E-state index contributed by atoms with van der Waals surface area (Å²) in [6.45, 7) is 4.65. The van der Waals surface area contributed by atoms with Crippen LogP contribution >= 0.6 is 0 Å². The molecule has 0 atom stereocenters. The highest BCUT2D eigenvalue weighted by Gasteiger charge is 2.08. The summed E-state index contributed by atoms with van der Waals surface area (Å²) in [4.78, 5) is 22.1. The summed E-state index contributed by atoms with van der Waals surface area (Å²) in [6, 6.07) is 5.16. The maximum Gasteiger partial charge on any atom is 0.328 e. The average Bonchev–Trinajstić information content (AvgIpc) is 2.42. The molecule has 19 heavy (non-hydrogen) atoms. The molecule has 0 saturated heterocycles. The number of hydrogen-bond donors (Lipinski definition) is 1. The van der Waals surface area contributed by atoms with Gasteiger partial charge in [0, 0.05) is 11.6 Å². The molecule has 0 radical (unpaired) electrons. The second-order valence-corrected chi connectivity index (χ2v) is 4.06. The van der Waals surface area contributed by atoms with Crippen LogP contribution in [0, 0.1) is 0 Å². The van der Waals surface area contributed by atoms with Gasteiger partial charge in [-0.3, -0.25) is 4.79 Å². The summed E-state index contributed by atoms with van der Waals surface area (Å²) in [5.41, 5.74) is 1.42. The zero-order valence-electron chi connectivity index (χ0n) is 11.2. The minimum absolute atomic E-state index is 0.320. The highest BCUT2D eigenvalue weighted by Crippen LogP contribution is 2.21. The van der Waals surface area contributed by atoms with Crippen molar-refractivity contribution < 1.29 is 19.4 Å². The minimum Gasteiger partial charge on any atom is -0.493 e. The quantitative estimate of drug-likeness (QED) is 0.606. The van der Waals surface area contributed by atoms with Gasteiger partial charge in [-0.25, -0.2) is 4.79 Å². The van der Waals surface area contributed by atoms with Crippen molar-refractivity contribution in [3.05, 3.63) is 41.5 Å². The third-order valence-corrected chi connectivity index (χ3v) is 2.56. The molecule has 1 N–H and O–H groups in total. The van der Waals surface area contributed by atoms with E-state index in [4.69, 9.17) is 9.84 Å². The molecule has 0 saturated carbocycles. The Morgan fingerprint density at radius 3 is 2.58 bits per heavy atom. The van der Waals surface area contributed by atoms with Crippen molar-refractivity contribution in [2.45, 2.75) is 26.7 Å². The van der Waals surface area contributed by atoms with Crippen LogP contribution in [0.15, 0.2) is 30.4 Å². The Morgan fingerprint density at radius 1 is 1.26 bits per heavy atom. The Kier molecular flexibility index (Phi) is 5.79. The second-order valence-electron chi connectivity index (χ2n) is 4.06. The third-order valence-electron chi connectivity index (χ3n) is 2.56. The van der Waals surface area contributed by atoms with E-state index in [1.165, 1.54) is 0 Å². The Hall–Kier alpha value is -2.10. The molecule has 0 bridgehead atoms. The summed E-state index contributed by atoms with van der Waals surface area (Å²) < 4.78 is 5.59. The molecular formula is C15H18O4. The Bertz CT molecular complexity index is 489. The van der Waals surface area contributed by atoms with Crippen molar-refractivity contribution in [1.29, 1.82) is 0 Å². The summed E-state index contributed by atoms with van der Waals surface area (Å²) in [6.07, 6.45) is 3.58. The fraction of sp³-hybridized carbons (Fsp3) is 0.333. The molecular weight excluding hydrogens is 244 g/mol. The van der Waals surface area contributed by atoms with E-state index in [1.807, 2.05) is 13.8 Å². The van der Waals surface area contributed by atoms with Crippen LogP contribution in [-0.4, -0.2) is 23.5 Å². The molecule has 0 amide bonds. The van der Waals surface area contributed by atoms with Crippen LogP contribution in [0.4, 0.5) is 0 Å². The number of ether oxygens (including phenoxy) is 1. The number of rotatable bonds is 7. The van der Waals surface area contributed by atoms with Crippen LogP contribution in [0.25, 0.3) is 0 Å². The highest BCUT2D eigenvalue weighted by molar-refractivity contribution is 6.07. The average molecular weight is 262 g/mol. The summed E-state index contributed by atoms with van der Waals surface area (Å²) in [5, 5.41) is 8.49. The topological polar surface area (TPSA) is 63.6 Å². The predicted molar refractivity (Wildman–Crippen MR) is 72.7 cm³/mol. The van der Waals surface area contributed by atoms with Crippen molar-refractivity contribution in [3.63, 3.8) is 0 Å². The van der Waals surface area contributed by atoms with E-state index in [0.717, 1.165) is 36.3 Å². The van der Waals surface area contributed by atoms with Crippen molar-refractivity contribution in [2.75, 3.05) is 6.61 Å². The number of carbonyl (C=O) groups excluding carboxylic acids is 1. The number of aryl methyl sites for hydroxylation is 1. The van der Waals surface area contributed by atoms with E-state index in [-0.39, 0.29) is 5.78 Å². The van der Waals surface area contributed by atoms with Gasteiger partial charge in [0.05, 0.1) is 6.61 Å². The lowest BCUT2D eigenvalue weighted by atomic mass is 10.0. The first-order chi connectivity index (χ1) is 9.08. The van der Waals surface area contributed by atoms with Gasteiger partial charge in [0.1, 0.15) is 5.75 Å². The third kappa shape index (κ3) is 4.58. The fourth-order valence-corrected chi connectivity index (χ4v) is 1.61. The van der Waals surface area contributed by atoms with Crippen LogP contribution < -0.4 is 4.74 Å². The lowest BCUT2D eigenvalue weighted by molar-refractivity contribution is -0.131. The molecule has 102 valence electrons. The van der Waals surface area contributed by atoms with E-state index < -0.39 is 5.97 Å². The van der Waals surface area contributed by atoms with Crippen LogP contribution in [0.1, 0.15) is 36.2 Å². The number of ketones is 1. The molecule has 0 fully saturated rings. The first-order valence-electron chi connectivity index (χ1n) is 6.29. The number of hydrogen-bond acceptors (Lipinski definition) is 3. The Labute approximate surface area is 112 Å². The molecule has 1 rings (SSSR count). The smallest absolute Gasteiger partial charge is 0.328 e. The Balaban J connectivity index is 2.92. The van der Waals surface area contributed by atoms with E-state index >= 15 is 0 Å². The number of allylic oxidation sites excluding steroid dienone is 1. The minimum atomic E-state index is -1.13. The van der Waals surface area contributed by atoms with Crippen molar-refractivity contribution in [2.24, 2.45) is 0 Å². The van der Waals surface area contributed by atoms with Gasteiger partial charge in [-0.05, 0) is 42.7 Å². The van der Waals surface area contributed by atoms with Crippen molar-refractivity contribution in [1.82, 2.24) is 0 Å². The maximum atomic E-state index is 11.8. The molecule has 1 aromatic carbocycles. The molecule has 0 aliphatic carbocycles. The molecule has 0 heterocycles. The number of carboxylic acids is 1. The molecule has 0 unspecified atom stereocenters. The molecule has 0 aliphatic heterocycles. The Morgan fingerprint density at radius 2 is 2.00 bits per heavy atom. The number of carboxylic acid groups (broad SMARTS) is 1. The van der Waals surface area contributed by atoms with Gasteiger partial charge >= 0.3 is 5.97 Å². The fourth-order valence-electron chi connectivity index (χ4n) is 1.61. The summed E-state index contributed by atoms with van der Waals surface area (Å²) in [5.74, 6) is -0.672. The van der Waals surface area contributed by atoms with Gasteiger partial charge in [0.25, 0.3) is 0 Å². The number of aliphatic carboxylic acids is 1. The molecule has 4 nitrogen and oxygen atoms in total. The van der Waals surface area contributed by atoms with Crippen molar-refractivity contribution in [3.8, 4) is 5.75 Å². The highest BCUT2D eigenvalue weighted by atomic mass is 16.5. The molecule has 4 heteroatoms. The normalized spacial score (nSPS) is 10.6. The maximum absolute atomic E-state index is 11.8. The second kappa shape index (κ2) is 7.36. The van der Waals surface area contributed by atoms with Crippen LogP contribution in [0.2, 0.25) is 0 Å². The lowest BCUT2D eigenvalue weighted by Crippen LogP contribution is -2.02. The zero-order valence-corrected chi connectivity index (χ0v) is 11.2. The van der Waals surface area contributed by atoms with E-state index in [0.29, 0.717) is 12.2 Å². The van der Waals surface area contributed by atoms with E-state index in [2.05, 4.69) is 0 Å². The summed E-state index contributed by atoms with van der Waals surface area (Å²) in [7, 11) is 0. The van der Waals surface area contributed by atoms with Gasteiger partial charge in [-0.2, -0.15) is 0 Å². The van der Waals surface area contributed by atoms with Gasteiger partial charge < -0.3 is 9.84 Å². The van der Waals surface area contributed by atoms with Gasteiger partial charge in [0.2, 0.25) is 0 Å². The van der Waals surface area contributed by atoms with Gasteiger partial charge in [-0.1, -0.05) is 13.8 Å². The first-order valence-corrected chi connectivity index (χ1v) is 6.29. The summed E-state index contributed by atoms with van der Waals surface area (Å²) >= 11 is 0. The van der Waals surface area contributed by atoms with E-state index in [9.17, 15) is 9.59 Å². The number of carbonyl (C=O) groups is 2.